The molecule has 9 heteroatoms. The van der Waals surface area contributed by atoms with E-state index in [2.05, 4.69) is 0 Å². The number of halogens is 5. The van der Waals surface area contributed by atoms with E-state index in [-0.39, 0.29) is 26.2 Å². The Labute approximate surface area is 113 Å². The molecule has 98 valence electrons. The van der Waals surface area contributed by atoms with E-state index in [1.54, 1.807) is 5.32 Å². The third-order valence-electron chi connectivity index (χ3n) is 2.44. The Bertz CT molecular complexity index is 541. The minimum Gasteiger partial charge on any atom is -0.341 e. The molecule has 0 radical (unpaired) electrons. The number of rotatable bonds is 1. The Balaban J connectivity index is 2.30. The van der Waals surface area contributed by atoms with E-state index in [0.29, 0.717) is 0 Å². The van der Waals surface area contributed by atoms with Crippen LogP contribution in [-0.2, 0) is 4.79 Å². The van der Waals surface area contributed by atoms with Crippen molar-refractivity contribution in [3.8, 4) is 0 Å². The van der Waals surface area contributed by atoms with E-state index in [4.69, 9.17) is 23.2 Å². The van der Waals surface area contributed by atoms with Crippen molar-refractivity contribution >= 4 is 46.2 Å². The highest BCUT2D eigenvalue weighted by atomic mass is 35.5. The Kier molecular flexibility index (Phi) is 3.33. The molecule has 0 spiro atoms. The topological polar surface area (TPSA) is 46.2 Å². The molecule has 1 aromatic rings. The minimum atomic E-state index is -5.00. The number of amides is 1. The monoisotopic (exact) mass is 317 g/mol. The first-order chi connectivity index (χ1) is 8.21. The Hall–Kier alpha value is -0.790. The molecule has 1 amide bonds. The molecule has 0 aromatic carbocycles. The summed E-state index contributed by atoms with van der Waals surface area (Å²) in [4.78, 5) is 22.4. The fourth-order valence-electron chi connectivity index (χ4n) is 1.71. The highest BCUT2D eigenvalue weighted by Crippen LogP contribution is 2.46. The second kappa shape index (κ2) is 4.40. The van der Waals surface area contributed by atoms with Crippen molar-refractivity contribution in [3.63, 3.8) is 0 Å². The zero-order valence-electron chi connectivity index (χ0n) is 8.40. The molecule has 1 atom stereocenters. The smallest absolute Gasteiger partial charge is 0.341 e. The van der Waals surface area contributed by atoms with E-state index in [9.17, 15) is 22.8 Å². The van der Waals surface area contributed by atoms with Gasteiger partial charge in [-0.05, 0) is 0 Å². The summed E-state index contributed by atoms with van der Waals surface area (Å²) in [5.41, 5.74) is 0.286. The first-order valence-electron chi connectivity index (χ1n) is 4.60. The number of nitrogens with one attached hydrogen (secondary N) is 1. The predicted molar refractivity (Wildman–Crippen MR) is 60.2 cm³/mol. The number of ketones is 1. The number of Topliss-reactive ketones (excluding diaryl/α,β-unsaturated/α-hetero) is 1. The summed E-state index contributed by atoms with van der Waals surface area (Å²) < 4.78 is 36.6. The maximum Gasteiger partial charge on any atom is 0.471 e. The number of carbonyl (C=O) groups is 2. The summed E-state index contributed by atoms with van der Waals surface area (Å²) in [6.07, 6.45) is -5.27. The van der Waals surface area contributed by atoms with Crippen LogP contribution >= 0.6 is 34.5 Å². The second-order valence-corrected chi connectivity index (χ2v) is 5.81. The third kappa shape index (κ3) is 2.22. The Morgan fingerprint density at radius 3 is 2.50 bits per heavy atom. The van der Waals surface area contributed by atoms with Crippen LogP contribution < -0.4 is 5.32 Å². The lowest BCUT2D eigenvalue weighted by atomic mass is 10.2. The van der Waals surface area contributed by atoms with Crippen molar-refractivity contribution in [2.24, 2.45) is 0 Å². The number of hydrogen-bond acceptors (Lipinski definition) is 3. The largest absolute Gasteiger partial charge is 0.471 e. The molecule has 1 aliphatic carbocycles. The summed E-state index contributed by atoms with van der Waals surface area (Å²) in [6, 6.07) is -1.07. The predicted octanol–water partition coefficient (Wildman–Crippen LogP) is 3.36. The van der Waals surface area contributed by atoms with Crippen molar-refractivity contribution in [2.75, 3.05) is 0 Å². The van der Waals surface area contributed by atoms with E-state index < -0.39 is 23.9 Å². The van der Waals surface area contributed by atoms with Crippen molar-refractivity contribution in [2.45, 2.75) is 18.6 Å². The van der Waals surface area contributed by atoms with Crippen LogP contribution in [0.2, 0.25) is 8.67 Å². The molecule has 3 nitrogen and oxygen atoms in total. The summed E-state index contributed by atoms with van der Waals surface area (Å²) in [5.74, 6) is -2.53. The van der Waals surface area contributed by atoms with Crippen LogP contribution in [0, 0.1) is 0 Å². The van der Waals surface area contributed by atoms with Crippen LogP contribution in [0.1, 0.15) is 28.4 Å². The van der Waals surface area contributed by atoms with Crippen LogP contribution in [0.25, 0.3) is 0 Å². The maximum atomic E-state index is 12.1. The number of thiophene rings is 1. The first kappa shape index (κ1) is 13.6. The van der Waals surface area contributed by atoms with Crippen LogP contribution in [0.15, 0.2) is 0 Å². The van der Waals surface area contributed by atoms with Crippen molar-refractivity contribution < 1.29 is 22.8 Å². The average Bonchev–Trinajstić information content (AvgIpc) is 2.67. The summed E-state index contributed by atoms with van der Waals surface area (Å²) in [7, 11) is 0. The molecule has 0 aliphatic heterocycles. The molecular weight excluding hydrogens is 314 g/mol. The fourth-order valence-corrected chi connectivity index (χ4v) is 3.56. The lowest BCUT2D eigenvalue weighted by Crippen LogP contribution is -2.38. The van der Waals surface area contributed by atoms with E-state index in [1.165, 1.54) is 0 Å². The molecule has 18 heavy (non-hydrogen) atoms. The number of carbonyl (C=O) groups excluding carboxylic acids is 2. The molecule has 0 bridgehead atoms. The van der Waals surface area contributed by atoms with Crippen LogP contribution in [0.5, 0.6) is 0 Å². The minimum absolute atomic E-state index is 0.110. The van der Waals surface area contributed by atoms with Gasteiger partial charge in [-0.2, -0.15) is 13.2 Å². The SMILES string of the molecule is O=C1CC(NC(=O)C(F)(F)F)c2c(Cl)sc(Cl)c21. The van der Waals surface area contributed by atoms with Gasteiger partial charge in [0.15, 0.2) is 5.78 Å². The average molecular weight is 318 g/mol. The molecule has 1 unspecified atom stereocenters. The maximum absolute atomic E-state index is 12.1. The van der Waals surface area contributed by atoms with Crippen molar-refractivity contribution in [1.82, 2.24) is 5.32 Å². The summed E-state index contributed by atoms with van der Waals surface area (Å²) in [6.45, 7) is 0. The van der Waals surface area contributed by atoms with Crippen LogP contribution in [-0.4, -0.2) is 17.9 Å². The van der Waals surface area contributed by atoms with Crippen molar-refractivity contribution in [3.05, 3.63) is 19.8 Å². The first-order valence-corrected chi connectivity index (χ1v) is 6.17. The molecule has 0 fully saturated rings. The van der Waals surface area contributed by atoms with Crippen molar-refractivity contribution in [1.29, 1.82) is 0 Å². The third-order valence-corrected chi connectivity index (χ3v) is 4.07. The molecular formula is C9H4Cl2F3NO2S. The second-order valence-electron chi connectivity index (χ2n) is 3.59. The number of hydrogen-bond donors (Lipinski definition) is 1. The molecule has 1 heterocycles. The molecule has 1 N–H and O–H groups in total. The number of fused-ring (bicyclic) bond motifs is 1. The standard InChI is InChI=1S/C9H4Cl2F3NO2S/c10-6-4-2(15-8(17)9(12,13)14)1-3(16)5(4)7(11)18-6/h2H,1H2,(H,15,17). The molecule has 0 saturated carbocycles. The molecule has 1 aliphatic rings. The van der Waals surface area contributed by atoms with Gasteiger partial charge in [0.25, 0.3) is 0 Å². The van der Waals surface area contributed by atoms with E-state index in [0.717, 1.165) is 11.3 Å². The van der Waals surface area contributed by atoms with Gasteiger partial charge in [-0.1, -0.05) is 23.2 Å². The van der Waals surface area contributed by atoms with Gasteiger partial charge in [-0.25, -0.2) is 0 Å². The molecule has 1 aromatic heterocycles. The van der Waals surface area contributed by atoms with Gasteiger partial charge < -0.3 is 5.32 Å². The normalized spacial score (nSPS) is 18.9. The highest BCUT2D eigenvalue weighted by molar-refractivity contribution is 7.20. The Morgan fingerprint density at radius 2 is 1.94 bits per heavy atom. The van der Waals surface area contributed by atoms with E-state index in [1.807, 2.05) is 0 Å². The zero-order chi connectivity index (χ0) is 13.7. The van der Waals surface area contributed by atoms with Crippen LogP contribution in [0.3, 0.4) is 0 Å². The summed E-state index contributed by atoms with van der Waals surface area (Å²) >= 11 is 12.4. The molecule has 2 rings (SSSR count). The number of alkyl halides is 3. The van der Waals surface area contributed by atoms with Gasteiger partial charge in [0.05, 0.1) is 11.6 Å². The fraction of sp³-hybridized carbons (Fsp3) is 0.333. The van der Waals surface area contributed by atoms with Gasteiger partial charge in [0.1, 0.15) is 8.67 Å². The van der Waals surface area contributed by atoms with E-state index >= 15 is 0 Å². The Morgan fingerprint density at radius 1 is 1.33 bits per heavy atom. The zero-order valence-corrected chi connectivity index (χ0v) is 10.7. The highest BCUT2D eigenvalue weighted by Gasteiger charge is 2.43. The van der Waals surface area contributed by atoms with Gasteiger partial charge in [0, 0.05) is 12.0 Å². The quantitative estimate of drug-likeness (QED) is 0.863. The summed E-state index contributed by atoms with van der Waals surface area (Å²) in [5, 5.41) is 1.74. The lowest BCUT2D eigenvalue weighted by molar-refractivity contribution is -0.174. The molecule has 0 saturated heterocycles. The van der Waals surface area contributed by atoms with Crippen LogP contribution in [0.4, 0.5) is 13.2 Å². The van der Waals surface area contributed by atoms with Gasteiger partial charge >= 0.3 is 12.1 Å². The van der Waals surface area contributed by atoms with Gasteiger partial charge in [-0.3, -0.25) is 9.59 Å². The lowest BCUT2D eigenvalue weighted by Gasteiger charge is -2.14. The van der Waals surface area contributed by atoms with Gasteiger partial charge in [-0.15, -0.1) is 11.3 Å². The van der Waals surface area contributed by atoms with Gasteiger partial charge in [0.2, 0.25) is 0 Å².